The van der Waals surface area contributed by atoms with Crippen LogP contribution in [0.3, 0.4) is 0 Å². The van der Waals surface area contributed by atoms with Crippen LogP contribution in [-0.4, -0.2) is 61.6 Å². The van der Waals surface area contributed by atoms with Crippen LogP contribution in [0.1, 0.15) is 27.7 Å². The molecule has 0 bridgehead atoms. The second kappa shape index (κ2) is 8.19. The Morgan fingerprint density at radius 2 is 2.00 bits per heavy atom. The Morgan fingerprint density at radius 1 is 1.39 bits per heavy atom. The molecule has 0 aromatic carbocycles. The highest BCUT2D eigenvalue weighted by molar-refractivity contribution is 14.0. The maximum atomic E-state index is 4.50. The minimum atomic E-state index is 0. The zero-order valence-electron chi connectivity index (χ0n) is 12.6. The number of hydrogen-bond donors (Lipinski definition) is 1. The average Bonchev–Trinajstić information content (AvgIpc) is 2.59. The quantitative estimate of drug-likeness (QED) is 0.469. The topological polar surface area (TPSA) is 30.9 Å². The van der Waals surface area contributed by atoms with E-state index in [0.717, 1.165) is 19.0 Å². The summed E-state index contributed by atoms with van der Waals surface area (Å²) in [5, 5.41) is 3.59. The third-order valence-electron chi connectivity index (χ3n) is 3.42. The van der Waals surface area contributed by atoms with Gasteiger partial charge in [0.2, 0.25) is 0 Å². The standard InChI is InChI=1S/C13H28N4.HI/c1-7-14-13(16(5)6)15-12-9-17(10(2)3)8-11(12)4;/h10-12H,7-9H2,1-6H3,(H,14,15);1H. The highest BCUT2D eigenvalue weighted by Crippen LogP contribution is 2.18. The Kier molecular flexibility index (Phi) is 8.18. The second-order valence-corrected chi connectivity index (χ2v) is 5.47. The van der Waals surface area contributed by atoms with Crippen molar-refractivity contribution in [3.05, 3.63) is 0 Å². The van der Waals surface area contributed by atoms with Gasteiger partial charge in [-0.2, -0.15) is 0 Å². The number of likely N-dealkylation sites (tertiary alicyclic amines) is 1. The van der Waals surface area contributed by atoms with E-state index in [9.17, 15) is 0 Å². The molecule has 2 atom stereocenters. The van der Waals surface area contributed by atoms with Gasteiger partial charge in [-0.1, -0.05) is 6.92 Å². The Balaban J connectivity index is 0.00000289. The molecule has 18 heavy (non-hydrogen) atoms. The molecule has 1 saturated heterocycles. The second-order valence-electron chi connectivity index (χ2n) is 5.47. The van der Waals surface area contributed by atoms with Crippen LogP contribution in [0.4, 0.5) is 0 Å². The molecule has 0 aromatic rings. The van der Waals surface area contributed by atoms with Crippen molar-refractivity contribution in [3.8, 4) is 0 Å². The fourth-order valence-electron chi connectivity index (χ4n) is 2.25. The third-order valence-corrected chi connectivity index (χ3v) is 3.42. The smallest absolute Gasteiger partial charge is 0.193 e. The van der Waals surface area contributed by atoms with Gasteiger partial charge in [0, 0.05) is 45.8 Å². The van der Waals surface area contributed by atoms with Crippen molar-refractivity contribution in [3.63, 3.8) is 0 Å². The summed E-state index contributed by atoms with van der Waals surface area (Å²) >= 11 is 0. The van der Waals surface area contributed by atoms with E-state index in [4.69, 9.17) is 0 Å². The Hall–Kier alpha value is -0.0400. The molecule has 0 spiro atoms. The first-order valence-corrected chi connectivity index (χ1v) is 6.68. The zero-order chi connectivity index (χ0) is 13.0. The van der Waals surface area contributed by atoms with E-state index in [2.05, 4.69) is 47.8 Å². The minimum absolute atomic E-state index is 0. The lowest BCUT2D eigenvalue weighted by molar-refractivity contribution is 0.265. The fraction of sp³-hybridized carbons (Fsp3) is 0.923. The highest BCUT2D eigenvalue weighted by atomic mass is 127. The summed E-state index contributed by atoms with van der Waals surface area (Å²) in [7, 11) is 4.09. The predicted octanol–water partition coefficient (Wildman–Crippen LogP) is 1.86. The molecule has 0 amide bonds. The molecule has 108 valence electrons. The molecule has 1 aliphatic rings. The zero-order valence-corrected chi connectivity index (χ0v) is 14.9. The summed E-state index contributed by atoms with van der Waals surface area (Å²) in [5.41, 5.74) is 0. The Labute approximate surface area is 129 Å². The molecule has 0 saturated carbocycles. The van der Waals surface area contributed by atoms with E-state index in [0.29, 0.717) is 18.0 Å². The van der Waals surface area contributed by atoms with Crippen molar-refractivity contribution in [2.45, 2.75) is 39.8 Å². The maximum Gasteiger partial charge on any atom is 0.193 e. The maximum absolute atomic E-state index is 4.50. The number of hydrogen-bond acceptors (Lipinski definition) is 2. The summed E-state index contributed by atoms with van der Waals surface area (Å²) in [6.07, 6.45) is 0. The molecule has 1 fully saturated rings. The summed E-state index contributed by atoms with van der Waals surface area (Å²) in [6, 6.07) is 1.15. The van der Waals surface area contributed by atoms with Gasteiger partial charge in [0.15, 0.2) is 5.96 Å². The van der Waals surface area contributed by atoms with Crippen LogP contribution in [0.5, 0.6) is 0 Å². The molecular formula is C13H29IN4. The number of nitrogens with one attached hydrogen (secondary N) is 1. The van der Waals surface area contributed by atoms with E-state index in [-0.39, 0.29) is 24.0 Å². The van der Waals surface area contributed by atoms with E-state index in [1.165, 1.54) is 6.54 Å². The van der Waals surface area contributed by atoms with Gasteiger partial charge >= 0.3 is 0 Å². The van der Waals surface area contributed by atoms with Crippen molar-refractivity contribution in [1.82, 2.24) is 15.1 Å². The fourth-order valence-corrected chi connectivity index (χ4v) is 2.25. The van der Waals surface area contributed by atoms with Gasteiger partial charge < -0.3 is 10.2 Å². The molecule has 0 aromatic heterocycles. The first-order valence-electron chi connectivity index (χ1n) is 6.68. The van der Waals surface area contributed by atoms with Crippen molar-refractivity contribution < 1.29 is 0 Å². The van der Waals surface area contributed by atoms with Gasteiger partial charge in [0.1, 0.15) is 0 Å². The van der Waals surface area contributed by atoms with Gasteiger partial charge in [-0.3, -0.25) is 9.89 Å². The molecule has 1 N–H and O–H groups in total. The lowest BCUT2D eigenvalue weighted by Gasteiger charge is -2.24. The molecule has 1 rings (SSSR count). The molecule has 2 unspecified atom stereocenters. The van der Waals surface area contributed by atoms with Crippen molar-refractivity contribution in [2.24, 2.45) is 10.9 Å². The van der Waals surface area contributed by atoms with Crippen molar-refractivity contribution >= 4 is 29.9 Å². The van der Waals surface area contributed by atoms with E-state index in [1.54, 1.807) is 0 Å². The number of nitrogens with zero attached hydrogens (tertiary/aromatic N) is 3. The molecule has 0 aliphatic carbocycles. The van der Waals surface area contributed by atoms with Gasteiger partial charge in [0.25, 0.3) is 0 Å². The average molecular weight is 368 g/mol. The molecule has 4 nitrogen and oxygen atoms in total. The number of halogens is 1. The number of aliphatic imine (C=N–C) groups is 1. The van der Waals surface area contributed by atoms with Crippen LogP contribution >= 0.6 is 24.0 Å². The Bertz CT molecular complexity index is 266. The third kappa shape index (κ3) is 4.91. The summed E-state index contributed by atoms with van der Waals surface area (Å²) in [4.78, 5) is 9.10. The van der Waals surface area contributed by atoms with E-state index in [1.807, 2.05) is 14.1 Å². The van der Waals surface area contributed by atoms with Crippen molar-refractivity contribution in [2.75, 3.05) is 33.7 Å². The van der Waals surface area contributed by atoms with E-state index < -0.39 is 0 Å². The summed E-state index contributed by atoms with van der Waals surface area (Å²) in [5.74, 6) is 1.69. The van der Waals surface area contributed by atoms with Gasteiger partial charge in [-0.15, -0.1) is 24.0 Å². The molecule has 1 aliphatic heterocycles. The lowest BCUT2D eigenvalue weighted by atomic mass is 10.1. The monoisotopic (exact) mass is 368 g/mol. The van der Waals surface area contributed by atoms with Crippen LogP contribution < -0.4 is 5.32 Å². The first-order chi connectivity index (χ1) is 7.95. The predicted molar refractivity (Wildman–Crippen MR) is 89.9 cm³/mol. The summed E-state index contributed by atoms with van der Waals surface area (Å²) in [6.45, 7) is 12.1. The van der Waals surface area contributed by atoms with Crippen LogP contribution in [0.2, 0.25) is 0 Å². The van der Waals surface area contributed by atoms with Gasteiger partial charge in [-0.25, -0.2) is 0 Å². The van der Waals surface area contributed by atoms with Crippen LogP contribution in [0, 0.1) is 5.92 Å². The summed E-state index contributed by atoms with van der Waals surface area (Å²) < 4.78 is 0. The highest BCUT2D eigenvalue weighted by Gasteiger charge is 2.31. The van der Waals surface area contributed by atoms with Crippen LogP contribution in [0.15, 0.2) is 4.99 Å². The van der Waals surface area contributed by atoms with Crippen LogP contribution in [0.25, 0.3) is 0 Å². The molecule has 1 heterocycles. The minimum Gasteiger partial charge on any atom is -0.352 e. The van der Waals surface area contributed by atoms with Crippen molar-refractivity contribution in [1.29, 1.82) is 0 Å². The molecule has 0 radical (unpaired) electrons. The number of rotatable bonds is 3. The van der Waals surface area contributed by atoms with Gasteiger partial charge in [0.05, 0.1) is 0 Å². The number of guanidine groups is 1. The van der Waals surface area contributed by atoms with E-state index >= 15 is 0 Å². The molecular weight excluding hydrogens is 339 g/mol. The van der Waals surface area contributed by atoms with Crippen LogP contribution in [-0.2, 0) is 0 Å². The first kappa shape index (κ1) is 18.0. The Morgan fingerprint density at radius 3 is 2.39 bits per heavy atom. The lowest BCUT2D eigenvalue weighted by Crippen LogP contribution is -2.46. The largest absolute Gasteiger partial charge is 0.352 e. The normalized spacial score (nSPS) is 25.2. The molecule has 5 heteroatoms. The SMILES string of the molecule is CCN=C(NC1CN(C(C)C)CC1C)N(C)C.I. The van der Waals surface area contributed by atoms with Gasteiger partial charge in [-0.05, 0) is 26.7 Å².